The number of nitrogens with two attached hydrogens (primary N) is 1. The quantitative estimate of drug-likeness (QED) is 0.742. The van der Waals surface area contributed by atoms with Crippen molar-refractivity contribution in [3.05, 3.63) is 29.3 Å². The van der Waals surface area contributed by atoms with Crippen molar-refractivity contribution in [2.75, 3.05) is 18.4 Å². The monoisotopic (exact) mass is 272 g/mol. The maximum atomic E-state index is 13.5. The Hall–Kier alpha value is -1.69. The molecule has 1 aromatic carbocycles. The van der Waals surface area contributed by atoms with Crippen LogP contribution in [-0.2, 0) is 0 Å². The molecule has 0 amide bonds. The third-order valence-corrected chi connectivity index (χ3v) is 3.09. The fourth-order valence-electron chi connectivity index (χ4n) is 1.68. The molecule has 0 radical (unpaired) electrons. The number of aromatic carboxylic acids is 1. The molecule has 19 heavy (non-hydrogen) atoms. The minimum atomic E-state index is -1.43. The van der Waals surface area contributed by atoms with Gasteiger partial charge in [-0.3, -0.25) is 0 Å². The molecule has 0 aliphatic rings. The van der Waals surface area contributed by atoms with Crippen LogP contribution in [0.5, 0.6) is 0 Å². The third-order valence-electron chi connectivity index (χ3n) is 3.09. The Morgan fingerprint density at radius 3 is 2.47 bits per heavy atom. The number of nitrogens with one attached hydrogen (secondary N) is 1. The predicted molar refractivity (Wildman–Crippen MR) is 69.2 cm³/mol. The molecule has 0 aromatic heterocycles. The van der Waals surface area contributed by atoms with Gasteiger partial charge in [-0.15, -0.1) is 0 Å². The molecule has 1 rings (SSSR count). The fourth-order valence-corrected chi connectivity index (χ4v) is 1.68. The molecule has 4 N–H and O–H groups in total. The van der Waals surface area contributed by atoms with E-state index in [1.807, 2.05) is 13.8 Å². The Balaban J connectivity index is 2.89. The van der Waals surface area contributed by atoms with E-state index in [2.05, 4.69) is 5.32 Å². The van der Waals surface area contributed by atoms with E-state index >= 15 is 0 Å². The number of carboxylic acid groups (broad SMARTS) is 1. The first-order chi connectivity index (χ1) is 8.86. The average molecular weight is 272 g/mol. The first-order valence-electron chi connectivity index (χ1n) is 6.03. The van der Waals surface area contributed by atoms with Crippen LogP contribution in [0.25, 0.3) is 0 Å². The molecule has 0 heterocycles. The van der Waals surface area contributed by atoms with Crippen LogP contribution in [0.2, 0.25) is 0 Å². The molecular weight excluding hydrogens is 254 g/mol. The van der Waals surface area contributed by atoms with Crippen molar-refractivity contribution in [2.24, 2.45) is 17.6 Å². The molecule has 0 bridgehead atoms. The number of anilines is 1. The van der Waals surface area contributed by atoms with Gasteiger partial charge in [0.05, 0.1) is 11.3 Å². The van der Waals surface area contributed by atoms with Gasteiger partial charge in [0.2, 0.25) is 0 Å². The zero-order valence-electron chi connectivity index (χ0n) is 10.9. The van der Waals surface area contributed by atoms with E-state index in [9.17, 15) is 13.6 Å². The third kappa shape index (κ3) is 3.89. The smallest absolute Gasteiger partial charge is 0.338 e. The van der Waals surface area contributed by atoms with Crippen LogP contribution < -0.4 is 11.1 Å². The van der Waals surface area contributed by atoms with Gasteiger partial charge in [-0.1, -0.05) is 13.8 Å². The molecule has 0 spiro atoms. The van der Waals surface area contributed by atoms with Gasteiger partial charge in [-0.25, -0.2) is 13.6 Å². The Morgan fingerprint density at radius 2 is 2.00 bits per heavy atom. The van der Waals surface area contributed by atoms with Crippen LogP contribution in [0.15, 0.2) is 12.1 Å². The van der Waals surface area contributed by atoms with E-state index in [1.165, 1.54) is 0 Å². The van der Waals surface area contributed by atoms with Crippen LogP contribution in [0.3, 0.4) is 0 Å². The fraction of sp³-hybridized carbons (Fsp3) is 0.462. The number of hydrogen-bond acceptors (Lipinski definition) is 3. The van der Waals surface area contributed by atoms with Crippen molar-refractivity contribution in [1.29, 1.82) is 0 Å². The Kier molecular flexibility index (Phi) is 5.23. The number of carboxylic acids is 1. The largest absolute Gasteiger partial charge is 0.478 e. The Bertz CT molecular complexity index is 464. The zero-order valence-corrected chi connectivity index (χ0v) is 10.9. The summed E-state index contributed by atoms with van der Waals surface area (Å²) in [6.07, 6.45) is 0. The number of rotatable bonds is 6. The maximum absolute atomic E-state index is 13.5. The maximum Gasteiger partial charge on any atom is 0.338 e. The van der Waals surface area contributed by atoms with Crippen LogP contribution in [0.4, 0.5) is 14.5 Å². The topological polar surface area (TPSA) is 75.3 Å². The molecule has 1 aromatic rings. The molecule has 0 aliphatic heterocycles. The Labute approximate surface area is 110 Å². The van der Waals surface area contributed by atoms with Crippen LogP contribution in [0, 0.1) is 23.5 Å². The van der Waals surface area contributed by atoms with Gasteiger partial charge in [0, 0.05) is 12.6 Å². The van der Waals surface area contributed by atoms with Crippen molar-refractivity contribution in [2.45, 2.75) is 13.8 Å². The minimum Gasteiger partial charge on any atom is -0.478 e. The lowest BCUT2D eigenvalue weighted by Gasteiger charge is -2.20. The lowest BCUT2D eigenvalue weighted by atomic mass is 9.96. The normalized spacial score (nSPS) is 12.5. The molecule has 0 aliphatic carbocycles. The molecule has 1 unspecified atom stereocenters. The van der Waals surface area contributed by atoms with Crippen LogP contribution in [0.1, 0.15) is 24.2 Å². The summed E-state index contributed by atoms with van der Waals surface area (Å²) in [5.41, 5.74) is 5.00. The average Bonchev–Trinajstić information content (AvgIpc) is 2.31. The van der Waals surface area contributed by atoms with Crippen molar-refractivity contribution in [3.63, 3.8) is 0 Å². The summed E-state index contributed by atoms with van der Waals surface area (Å²) >= 11 is 0. The van der Waals surface area contributed by atoms with Crippen LogP contribution >= 0.6 is 0 Å². The van der Waals surface area contributed by atoms with Crippen molar-refractivity contribution in [1.82, 2.24) is 0 Å². The molecular formula is C13H18F2N2O2. The highest BCUT2D eigenvalue weighted by atomic mass is 19.1. The summed E-state index contributed by atoms with van der Waals surface area (Å²) in [5, 5.41) is 11.6. The second kappa shape index (κ2) is 6.47. The highest BCUT2D eigenvalue weighted by Crippen LogP contribution is 2.20. The predicted octanol–water partition coefficient (Wildman–Crippen LogP) is 2.31. The van der Waals surface area contributed by atoms with E-state index in [4.69, 9.17) is 10.8 Å². The van der Waals surface area contributed by atoms with Gasteiger partial charge in [0.15, 0.2) is 0 Å². The van der Waals surface area contributed by atoms with E-state index < -0.39 is 23.2 Å². The van der Waals surface area contributed by atoms with Gasteiger partial charge < -0.3 is 16.2 Å². The molecule has 4 nitrogen and oxygen atoms in total. The summed E-state index contributed by atoms with van der Waals surface area (Å²) in [4.78, 5) is 10.8. The summed E-state index contributed by atoms with van der Waals surface area (Å²) in [5.74, 6) is -2.91. The zero-order chi connectivity index (χ0) is 14.6. The number of hydrogen-bond donors (Lipinski definition) is 3. The van der Waals surface area contributed by atoms with Crippen molar-refractivity contribution < 1.29 is 18.7 Å². The molecule has 6 heteroatoms. The summed E-state index contributed by atoms with van der Waals surface area (Å²) in [6, 6.07) is 1.53. The second-order valence-corrected chi connectivity index (χ2v) is 4.74. The highest BCUT2D eigenvalue weighted by molar-refractivity contribution is 5.89. The van der Waals surface area contributed by atoms with Gasteiger partial charge >= 0.3 is 5.97 Å². The van der Waals surface area contributed by atoms with Crippen molar-refractivity contribution in [3.8, 4) is 0 Å². The van der Waals surface area contributed by atoms with Gasteiger partial charge in [-0.05, 0) is 24.4 Å². The highest BCUT2D eigenvalue weighted by Gasteiger charge is 2.17. The second-order valence-electron chi connectivity index (χ2n) is 4.74. The van der Waals surface area contributed by atoms with Gasteiger partial charge in [0.25, 0.3) is 0 Å². The molecule has 1 atom stereocenters. The summed E-state index contributed by atoms with van der Waals surface area (Å²) in [6.45, 7) is 4.81. The lowest BCUT2D eigenvalue weighted by Crippen LogP contribution is -2.27. The summed E-state index contributed by atoms with van der Waals surface area (Å²) in [7, 11) is 0. The lowest BCUT2D eigenvalue weighted by molar-refractivity contribution is 0.0692. The molecule has 0 saturated carbocycles. The van der Waals surface area contributed by atoms with Crippen molar-refractivity contribution >= 4 is 11.7 Å². The van der Waals surface area contributed by atoms with Gasteiger partial charge in [-0.2, -0.15) is 0 Å². The minimum absolute atomic E-state index is 0.0297. The van der Waals surface area contributed by atoms with E-state index in [1.54, 1.807) is 0 Å². The first-order valence-corrected chi connectivity index (χ1v) is 6.03. The van der Waals surface area contributed by atoms with Gasteiger partial charge in [0.1, 0.15) is 11.6 Å². The summed E-state index contributed by atoms with van der Waals surface area (Å²) < 4.78 is 26.7. The Morgan fingerprint density at radius 1 is 1.37 bits per heavy atom. The number of carbonyl (C=O) groups is 1. The van der Waals surface area contributed by atoms with E-state index in [0.717, 1.165) is 6.07 Å². The van der Waals surface area contributed by atoms with E-state index in [0.29, 0.717) is 25.1 Å². The number of halogens is 2. The SMILES string of the molecule is CC(C)C(CN)CNc1cc(C(=O)O)c(F)cc1F. The molecule has 0 fully saturated rings. The standard InChI is InChI=1S/C13H18F2N2O2/c1-7(2)8(5-16)6-17-12-3-9(13(18)19)10(14)4-11(12)15/h3-4,7-8,17H,5-6,16H2,1-2H3,(H,18,19). The number of benzene rings is 1. The molecule has 0 saturated heterocycles. The molecule has 106 valence electrons. The van der Waals surface area contributed by atoms with Crippen LogP contribution in [-0.4, -0.2) is 24.2 Å². The first kappa shape index (κ1) is 15.4. The van der Waals surface area contributed by atoms with E-state index in [-0.39, 0.29) is 11.6 Å².